The minimum absolute atomic E-state index is 0.0304. The summed E-state index contributed by atoms with van der Waals surface area (Å²) in [6.07, 6.45) is 7.05. The highest BCUT2D eigenvalue weighted by molar-refractivity contribution is 5.30. The molecule has 0 spiro atoms. The lowest BCUT2D eigenvalue weighted by Crippen LogP contribution is -2.28. The van der Waals surface area contributed by atoms with Gasteiger partial charge in [-0.3, -0.25) is 0 Å². The standard InChI is InChI=1S/C17H27NO2/c1-20-15-9-7-14(8-10-15)16(12-18)17(19)11-13-5-3-2-4-6-13/h7-10,13,16-17,19H,2-6,11-12,18H2,1H3. The van der Waals surface area contributed by atoms with Crippen molar-refractivity contribution < 1.29 is 9.84 Å². The fraction of sp³-hybridized carbons (Fsp3) is 0.647. The van der Waals surface area contributed by atoms with Crippen LogP contribution in [0.15, 0.2) is 24.3 Å². The molecule has 1 aliphatic rings. The summed E-state index contributed by atoms with van der Waals surface area (Å²) in [5.74, 6) is 1.54. The van der Waals surface area contributed by atoms with Crippen LogP contribution in [0, 0.1) is 5.92 Å². The van der Waals surface area contributed by atoms with E-state index in [-0.39, 0.29) is 12.0 Å². The number of aliphatic hydroxyl groups excluding tert-OH is 1. The lowest BCUT2D eigenvalue weighted by molar-refractivity contribution is 0.106. The van der Waals surface area contributed by atoms with Crippen molar-refractivity contribution in [3.8, 4) is 5.75 Å². The second kappa shape index (κ2) is 7.65. The number of aliphatic hydroxyl groups is 1. The van der Waals surface area contributed by atoms with E-state index in [1.165, 1.54) is 32.1 Å². The quantitative estimate of drug-likeness (QED) is 0.840. The van der Waals surface area contributed by atoms with Gasteiger partial charge >= 0.3 is 0 Å². The molecular formula is C17H27NO2. The predicted octanol–water partition coefficient (Wildman–Crippen LogP) is 3.07. The van der Waals surface area contributed by atoms with Crippen LogP contribution in [0.25, 0.3) is 0 Å². The van der Waals surface area contributed by atoms with Gasteiger partial charge in [0.2, 0.25) is 0 Å². The highest BCUT2D eigenvalue weighted by Crippen LogP contribution is 2.31. The molecule has 2 rings (SSSR count). The number of methoxy groups -OCH3 is 1. The van der Waals surface area contributed by atoms with Crippen molar-refractivity contribution in [3.63, 3.8) is 0 Å². The molecule has 3 nitrogen and oxygen atoms in total. The summed E-state index contributed by atoms with van der Waals surface area (Å²) < 4.78 is 5.17. The van der Waals surface area contributed by atoms with Crippen LogP contribution < -0.4 is 10.5 Å². The first-order valence-corrected chi connectivity index (χ1v) is 7.76. The first-order chi connectivity index (χ1) is 9.74. The molecular weight excluding hydrogens is 250 g/mol. The molecule has 1 aromatic rings. The van der Waals surface area contributed by atoms with E-state index >= 15 is 0 Å². The van der Waals surface area contributed by atoms with Crippen LogP contribution >= 0.6 is 0 Å². The van der Waals surface area contributed by atoms with Gasteiger partial charge in [-0.15, -0.1) is 0 Å². The van der Waals surface area contributed by atoms with Crippen molar-refractivity contribution in [2.75, 3.05) is 13.7 Å². The van der Waals surface area contributed by atoms with Crippen LogP contribution in [-0.2, 0) is 0 Å². The van der Waals surface area contributed by atoms with Gasteiger partial charge in [-0.05, 0) is 30.0 Å². The zero-order valence-electron chi connectivity index (χ0n) is 12.4. The summed E-state index contributed by atoms with van der Waals surface area (Å²) in [5, 5.41) is 10.5. The molecule has 3 heteroatoms. The normalized spacial score (nSPS) is 19.6. The monoisotopic (exact) mass is 277 g/mol. The molecule has 1 saturated carbocycles. The van der Waals surface area contributed by atoms with E-state index in [1.54, 1.807) is 7.11 Å². The van der Waals surface area contributed by atoms with Crippen LogP contribution in [0.3, 0.4) is 0 Å². The van der Waals surface area contributed by atoms with E-state index in [1.807, 2.05) is 24.3 Å². The molecule has 0 amide bonds. The number of nitrogens with two attached hydrogens (primary N) is 1. The maximum atomic E-state index is 10.5. The molecule has 0 bridgehead atoms. The average molecular weight is 277 g/mol. The summed E-state index contributed by atoms with van der Waals surface area (Å²) in [7, 11) is 1.66. The van der Waals surface area contributed by atoms with Crippen molar-refractivity contribution in [1.82, 2.24) is 0 Å². The Morgan fingerprint density at radius 3 is 2.40 bits per heavy atom. The number of benzene rings is 1. The van der Waals surface area contributed by atoms with Gasteiger partial charge in [-0.25, -0.2) is 0 Å². The van der Waals surface area contributed by atoms with Crippen LogP contribution in [0.5, 0.6) is 5.75 Å². The molecule has 1 fully saturated rings. The fourth-order valence-corrected chi connectivity index (χ4v) is 3.30. The zero-order valence-corrected chi connectivity index (χ0v) is 12.4. The highest BCUT2D eigenvalue weighted by Gasteiger charge is 2.24. The van der Waals surface area contributed by atoms with Gasteiger partial charge in [0, 0.05) is 12.5 Å². The van der Waals surface area contributed by atoms with E-state index in [4.69, 9.17) is 10.5 Å². The second-order valence-corrected chi connectivity index (χ2v) is 5.92. The Bertz CT molecular complexity index is 384. The van der Waals surface area contributed by atoms with Crippen molar-refractivity contribution in [2.24, 2.45) is 11.7 Å². The summed E-state index contributed by atoms with van der Waals surface area (Å²) in [4.78, 5) is 0. The number of rotatable bonds is 6. The molecule has 112 valence electrons. The summed E-state index contributed by atoms with van der Waals surface area (Å²) in [6, 6.07) is 7.90. The fourth-order valence-electron chi connectivity index (χ4n) is 3.30. The van der Waals surface area contributed by atoms with Crippen molar-refractivity contribution >= 4 is 0 Å². The molecule has 0 radical (unpaired) electrons. The third-order valence-electron chi connectivity index (χ3n) is 4.56. The summed E-state index contributed by atoms with van der Waals surface area (Å²) in [6.45, 7) is 0.486. The number of hydrogen-bond donors (Lipinski definition) is 2. The smallest absolute Gasteiger partial charge is 0.118 e. The summed E-state index contributed by atoms with van der Waals surface area (Å²) >= 11 is 0. The Hall–Kier alpha value is -1.06. The molecule has 2 atom stereocenters. The average Bonchev–Trinajstić information content (AvgIpc) is 2.49. The SMILES string of the molecule is COc1ccc(C(CN)C(O)CC2CCCCC2)cc1. The van der Waals surface area contributed by atoms with E-state index in [2.05, 4.69) is 0 Å². The minimum Gasteiger partial charge on any atom is -0.497 e. The highest BCUT2D eigenvalue weighted by atomic mass is 16.5. The Kier molecular flexibility index (Phi) is 5.86. The van der Waals surface area contributed by atoms with Crippen LogP contribution in [0.1, 0.15) is 50.0 Å². The Morgan fingerprint density at radius 2 is 1.85 bits per heavy atom. The molecule has 20 heavy (non-hydrogen) atoms. The van der Waals surface area contributed by atoms with Crippen molar-refractivity contribution in [2.45, 2.75) is 50.5 Å². The van der Waals surface area contributed by atoms with Gasteiger partial charge < -0.3 is 15.6 Å². The van der Waals surface area contributed by atoms with E-state index in [0.29, 0.717) is 12.5 Å². The Labute approximate surface area is 122 Å². The minimum atomic E-state index is -0.337. The maximum absolute atomic E-state index is 10.5. The van der Waals surface area contributed by atoms with Gasteiger partial charge in [-0.1, -0.05) is 44.2 Å². The van der Waals surface area contributed by atoms with Crippen molar-refractivity contribution in [3.05, 3.63) is 29.8 Å². The molecule has 0 aromatic heterocycles. The van der Waals surface area contributed by atoms with E-state index in [0.717, 1.165) is 17.7 Å². The Morgan fingerprint density at radius 1 is 1.20 bits per heavy atom. The molecule has 3 N–H and O–H groups in total. The molecule has 0 saturated heterocycles. The number of hydrogen-bond acceptors (Lipinski definition) is 3. The van der Waals surface area contributed by atoms with Crippen LogP contribution in [-0.4, -0.2) is 24.9 Å². The predicted molar refractivity (Wildman–Crippen MR) is 82.0 cm³/mol. The topological polar surface area (TPSA) is 55.5 Å². The summed E-state index contributed by atoms with van der Waals surface area (Å²) in [5.41, 5.74) is 7.00. The molecule has 0 aliphatic heterocycles. The lowest BCUT2D eigenvalue weighted by atomic mass is 9.81. The second-order valence-electron chi connectivity index (χ2n) is 5.92. The van der Waals surface area contributed by atoms with Gasteiger partial charge in [0.25, 0.3) is 0 Å². The van der Waals surface area contributed by atoms with Gasteiger partial charge in [0.1, 0.15) is 5.75 Å². The molecule has 0 heterocycles. The first kappa shape index (κ1) is 15.3. The van der Waals surface area contributed by atoms with Crippen molar-refractivity contribution in [1.29, 1.82) is 0 Å². The number of ether oxygens (including phenoxy) is 1. The van der Waals surface area contributed by atoms with Crippen LogP contribution in [0.4, 0.5) is 0 Å². The molecule has 1 aliphatic carbocycles. The third kappa shape index (κ3) is 3.97. The largest absolute Gasteiger partial charge is 0.497 e. The maximum Gasteiger partial charge on any atom is 0.118 e. The van der Waals surface area contributed by atoms with Crippen LogP contribution in [0.2, 0.25) is 0 Å². The lowest BCUT2D eigenvalue weighted by Gasteiger charge is -2.28. The van der Waals surface area contributed by atoms with Gasteiger partial charge in [0.15, 0.2) is 0 Å². The van der Waals surface area contributed by atoms with Gasteiger partial charge in [-0.2, -0.15) is 0 Å². The van der Waals surface area contributed by atoms with Gasteiger partial charge in [0.05, 0.1) is 13.2 Å². The zero-order chi connectivity index (χ0) is 14.4. The first-order valence-electron chi connectivity index (χ1n) is 7.76. The van der Waals surface area contributed by atoms with E-state index < -0.39 is 0 Å². The van der Waals surface area contributed by atoms with E-state index in [9.17, 15) is 5.11 Å². The Balaban J connectivity index is 1.98. The molecule has 1 aromatic carbocycles. The third-order valence-corrected chi connectivity index (χ3v) is 4.56. The molecule has 2 unspecified atom stereocenters.